The van der Waals surface area contributed by atoms with Crippen LogP contribution in [0.15, 0.2) is 60.8 Å². The fourth-order valence-electron chi connectivity index (χ4n) is 3.27. The number of benzene rings is 2. The van der Waals surface area contributed by atoms with Gasteiger partial charge in [-0.2, -0.15) is 0 Å². The summed E-state index contributed by atoms with van der Waals surface area (Å²) in [4.78, 5) is 23.4. The third-order valence-electron chi connectivity index (χ3n) is 4.71. The van der Waals surface area contributed by atoms with Crippen molar-refractivity contribution in [3.63, 3.8) is 0 Å². The third-order valence-corrected chi connectivity index (χ3v) is 4.71. The highest BCUT2D eigenvalue weighted by molar-refractivity contribution is 5.85. The average Bonchev–Trinajstić information content (AvgIpc) is 3.12. The summed E-state index contributed by atoms with van der Waals surface area (Å²) in [6, 6.07) is 17.7. The number of para-hydroxylation sites is 1. The number of aldehydes is 1. The van der Waals surface area contributed by atoms with Crippen LogP contribution >= 0.6 is 0 Å². The lowest BCUT2D eigenvalue weighted by Crippen LogP contribution is -2.38. The Morgan fingerprint density at radius 2 is 1.77 bits per heavy atom. The highest BCUT2D eigenvalue weighted by atomic mass is 16.5. The Balaban J connectivity index is 0.00000107. The van der Waals surface area contributed by atoms with E-state index in [1.807, 2.05) is 57.4 Å². The normalized spacial score (nSPS) is 11.3. The quantitative estimate of drug-likeness (QED) is 0.400. The van der Waals surface area contributed by atoms with Crippen molar-refractivity contribution in [1.29, 1.82) is 0 Å². The number of hydrogen-bond donors (Lipinski definition) is 2. The summed E-state index contributed by atoms with van der Waals surface area (Å²) in [6.45, 7) is 3.14. The van der Waals surface area contributed by atoms with Crippen LogP contribution in [-0.4, -0.2) is 43.7 Å². The van der Waals surface area contributed by atoms with E-state index in [4.69, 9.17) is 4.74 Å². The second kappa shape index (κ2) is 13.2. The molecule has 1 amide bonds. The number of carbonyl (C=O) groups is 2. The molecule has 6 heteroatoms. The fraction of sp³-hybridized carbons (Fsp3) is 0.360. The summed E-state index contributed by atoms with van der Waals surface area (Å²) in [7, 11) is 3.75. The first-order valence-electron chi connectivity index (χ1n) is 10.7. The van der Waals surface area contributed by atoms with Gasteiger partial charge in [0, 0.05) is 30.1 Å². The molecule has 0 unspecified atom stereocenters. The lowest BCUT2D eigenvalue weighted by atomic mass is 10.1. The molecule has 0 aliphatic carbocycles. The number of amides is 1. The van der Waals surface area contributed by atoms with Gasteiger partial charge in [0.05, 0.1) is 12.6 Å². The Bertz CT molecular complexity index is 938. The minimum Gasteiger partial charge on any atom is -0.450 e. The topological polar surface area (TPSA) is 72.4 Å². The first-order chi connectivity index (χ1) is 15.1. The molecule has 2 aromatic carbocycles. The van der Waals surface area contributed by atoms with Crippen LogP contribution in [0.25, 0.3) is 10.9 Å². The van der Waals surface area contributed by atoms with Gasteiger partial charge < -0.3 is 24.7 Å². The van der Waals surface area contributed by atoms with Gasteiger partial charge in [0.2, 0.25) is 0 Å². The highest BCUT2D eigenvalue weighted by Gasteiger charge is 2.16. The molecule has 31 heavy (non-hydrogen) atoms. The van der Waals surface area contributed by atoms with Crippen LogP contribution in [0.2, 0.25) is 0 Å². The number of hydrogen-bond acceptors (Lipinski definition) is 4. The molecule has 6 nitrogen and oxygen atoms in total. The molecular weight excluding hydrogens is 390 g/mol. The lowest BCUT2D eigenvalue weighted by molar-refractivity contribution is -0.109. The Labute approximate surface area is 184 Å². The number of alkyl carbamates (subject to hydrolysis) is 1. The number of nitrogens with zero attached hydrogens (tertiary/aromatic N) is 1. The molecule has 1 atom stereocenters. The second-order valence-electron chi connectivity index (χ2n) is 7.37. The predicted molar refractivity (Wildman–Crippen MR) is 125 cm³/mol. The maximum atomic E-state index is 11.9. The van der Waals surface area contributed by atoms with Crippen molar-refractivity contribution in [3.8, 4) is 0 Å². The molecule has 0 aliphatic heterocycles. The largest absolute Gasteiger partial charge is 0.450 e. The molecule has 3 aromatic rings. The molecule has 0 spiro atoms. The number of ether oxygens (including phenoxy) is 1. The minimum atomic E-state index is -0.620. The summed E-state index contributed by atoms with van der Waals surface area (Å²) in [6.07, 6.45) is 4.48. The van der Waals surface area contributed by atoms with Crippen molar-refractivity contribution in [1.82, 2.24) is 15.2 Å². The Kier molecular flexibility index (Phi) is 10.3. The highest BCUT2D eigenvalue weighted by Crippen LogP contribution is 2.23. The second-order valence-corrected chi connectivity index (χ2v) is 7.37. The van der Waals surface area contributed by atoms with Crippen LogP contribution in [0.3, 0.4) is 0 Å². The molecule has 1 aromatic heterocycles. The molecule has 0 aliphatic rings. The van der Waals surface area contributed by atoms with Gasteiger partial charge in [-0.3, -0.25) is 0 Å². The standard InChI is InChI=1S/C23H26N2O3.C2H7N/c1-2-3-13-28-23(27)24-20(17-26)14-19-16-25(15-18-9-5-4-6-10-18)22-12-8-7-11-21(19)22;1-3-2/h4-12,16-17,20H,2-3,13-15H2,1H3,(H,24,27);3H,1-2H3/t20-;/m0./s1. The number of nitrogens with one attached hydrogen (secondary N) is 2. The third kappa shape index (κ3) is 7.57. The molecule has 0 bridgehead atoms. The smallest absolute Gasteiger partial charge is 0.407 e. The van der Waals surface area contributed by atoms with Crippen LogP contribution in [0.4, 0.5) is 4.79 Å². The summed E-state index contributed by atoms with van der Waals surface area (Å²) in [5.74, 6) is 0. The molecule has 166 valence electrons. The van der Waals surface area contributed by atoms with Gasteiger partial charge >= 0.3 is 6.09 Å². The van der Waals surface area contributed by atoms with E-state index in [0.29, 0.717) is 13.0 Å². The van der Waals surface area contributed by atoms with Gasteiger partial charge in [-0.05, 0) is 37.7 Å². The van der Waals surface area contributed by atoms with Gasteiger partial charge in [0.15, 0.2) is 0 Å². The monoisotopic (exact) mass is 423 g/mol. The van der Waals surface area contributed by atoms with Crippen LogP contribution < -0.4 is 10.6 Å². The molecule has 0 saturated carbocycles. The summed E-state index contributed by atoms with van der Waals surface area (Å²) in [5.41, 5.74) is 3.34. The number of carbonyl (C=O) groups excluding carboxylic acids is 2. The maximum absolute atomic E-state index is 11.9. The fourth-order valence-corrected chi connectivity index (χ4v) is 3.27. The number of fused-ring (bicyclic) bond motifs is 1. The van der Waals surface area contributed by atoms with Crippen molar-refractivity contribution >= 4 is 23.3 Å². The van der Waals surface area contributed by atoms with Crippen molar-refractivity contribution in [2.75, 3.05) is 20.7 Å². The van der Waals surface area contributed by atoms with E-state index in [9.17, 15) is 9.59 Å². The Morgan fingerprint density at radius 1 is 1.10 bits per heavy atom. The zero-order valence-electron chi connectivity index (χ0n) is 18.6. The summed E-state index contributed by atoms with van der Waals surface area (Å²) in [5, 5.41) is 6.50. The first kappa shape index (κ1) is 24.2. The maximum Gasteiger partial charge on any atom is 0.407 e. The molecule has 1 heterocycles. The summed E-state index contributed by atoms with van der Waals surface area (Å²) >= 11 is 0. The van der Waals surface area contributed by atoms with E-state index in [-0.39, 0.29) is 0 Å². The van der Waals surface area contributed by atoms with Crippen molar-refractivity contribution < 1.29 is 14.3 Å². The zero-order chi connectivity index (χ0) is 22.5. The Hall–Kier alpha value is -3.12. The number of unbranched alkanes of at least 4 members (excludes halogenated alkanes) is 1. The summed E-state index contributed by atoms with van der Waals surface area (Å²) < 4.78 is 7.29. The van der Waals surface area contributed by atoms with E-state index >= 15 is 0 Å². The number of aromatic nitrogens is 1. The molecule has 2 N–H and O–H groups in total. The zero-order valence-corrected chi connectivity index (χ0v) is 18.6. The molecule has 0 fully saturated rings. The average molecular weight is 424 g/mol. The number of rotatable bonds is 9. The van der Waals surface area contributed by atoms with Crippen LogP contribution in [0, 0.1) is 0 Å². The van der Waals surface area contributed by atoms with Gasteiger partial charge in [-0.15, -0.1) is 0 Å². The van der Waals surface area contributed by atoms with Gasteiger partial charge in [-0.25, -0.2) is 4.79 Å². The van der Waals surface area contributed by atoms with Crippen LogP contribution in [0.1, 0.15) is 30.9 Å². The van der Waals surface area contributed by atoms with Crippen molar-refractivity contribution in [2.45, 2.75) is 38.8 Å². The lowest BCUT2D eigenvalue weighted by Gasteiger charge is -2.12. The van der Waals surface area contributed by atoms with Crippen LogP contribution in [0.5, 0.6) is 0 Å². The van der Waals surface area contributed by atoms with Gasteiger partial charge in [0.25, 0.3) is 0 Å². The van der Waals surface area contributed by atoms with Crippen LogP contribution in [-0.2, 0) is 22.5 Å². The van der Waals surface area contributed by atoms with Crippen molar-refractivity contribution in [3.05, 3.63) is 71.9 Å². The first-order valence-corrected chi connectivity index (χ1v) is 10.7. The van der Waals surface area contributed by atoms with E-state index in [0.717, 1.165) is 42.1 Å². The molecule has 3 rings (SSSR count). The van der Waals surface area contributed by atoms with E-state index in [1.54, 1.807) is 0 Å². The van der Waals surface area contributed by atoms with E-state index in [1.165, 1.54) is 5.56 Å². The van der Waals surface area contributed by atoms with Gasteiger partial charge in [0.1, 0.15) is 6.29 Å². The van der Waals surface area contributed by atoms with Gasteiger partial charge in [-0.1, -0.05) is 61.9 Å². The van der Waals surface area contributed by atoms with E-state index < -0.39 is 12.1 Å². The molecule has 0 saturated heterocycles. The Morgan fingerprint density at radius 3 is 2.45 bits per heavy atom. The SMILES string of the molecule is CCCCOC(=O)N[C@H](C=O)Cc1cn(Cc2ccccc2)c2ccccc12.CNC. The molecular formula is C25H33N3O3. The van der Waals surface area contributed by atoms with Crippen molar-refractivity contribution in [2.24, 2.45) is 0 Å². The molecule has 0 radical (unpaired) electrons. The minimum absolute atomic E-state index is 0.365. The van der Waals surface area contributed by atoms with E-state index in [2.05, 4.69) is 39.6 Å². The predicted octanol–water partition coefficient (Wildman–Crippen LogP) is 4.16.